The Hall–Kier alpha value is -1.98. The van der Waals surface area contributed by atoms with E-state index in [1.54, 1.807) is 31.3 Å². The molecule has 1 aromatic rings. The number of piperidine rings is 2. The summed E-state index contributed by atoms with van der Waals surface area (Å²) in [5, 5.41) is 0. The number of hydrogen-bond acceptors (Lipinski definition) is 6. The lowest BCUT2D eigenvalue weighted by Gasteiger charge is -2.39. The third-order valence-corrected chi connectivity index (χ3v) is 9.17. The van der Waals surface area contributed by atoms with Crippen molar-refractivity contribution in [3.63, 3.8) is 0 Å². The number of fused-ring (bicyclic) bond motifs is 1. The van der Waals surface area contributed by atoms with Crippen molar-refractivity contribution in [2.75, 3.05) is 39.5 Å². The van der Waals surface area contributed by atoms with Crippen LogP contribution in [0.15, 0.2) is 33.6 Å². The van der Waals surface area contributed by atoms with Crippen LogP contribution in [-0.2, 0) is 24.8 Å². The summed E-state index contributed by atoms with van der Waals surface area (Å²) in [6.07, 6.45) is 3.96. The number of carbonyl (C=O) groups is 1. The highest BCUT2D eigenvalue weighted by atomic mass is 32.2. The Morgan fingerprint density at radius 1 is 1.13 bits per heavy atom. The zero-order valence-electron chi connectivity index (χ0n) is 17.8. The van der Waals surface area contributed by atoms with Crippen LogP contribution in [0.1, 0.15) is 31.2 Å². The highest BCUT2D eigenvalue weighted by Crippen LogP contribution is 2.30. The van der Waals surface area contributed by atoms with E-state index in [0.29, 0.717) is 50.4 Å². The quantitative estimate of drug-likeness (QED) is 0.647. The van der Waals surface area contributed by atoms with E-state index in [2.05, 4.69) is 4.40 Å². The maximum Gasteiger partial charge on any atom is 0.285 e. The van der Waals surface area contributed by atoms with Crippen LogP contribution in [0.3, 0.4) is 0 Å². The van der Waals surface area contributed by atoms with Gasteiger partial charge in [0, 0.05) is 44.8 Å². The SMILES string of the molecule is CN(C1CCN(C(=O)C2CCCN(C3=NS(=O)(=O)c4ccccc43)C2)CC1)S(C)(=O)=O. The fraction of sp³-hybridized carbons (Fsp3) is 0.600. The molecule has 3 aliphatic heterocycles. The average molecular weight is 469 g/mol. The van der Waals surface area contributed by atoms with Gasteiger partial charge in [0.05, 0.1) is 12.2 Å². The smallest absolute Gasteiger partial charge is 0.285 e. The van der Waals surface area contributed by atoms with Gasteiger partial charge in [-0.25, -0.2) is 12.7 Å². The fourth-order valence-corrected chi connectivity index (χ4v) is 6.65. The van der Waals surface area contributed by atoms with Gasteiger partial charge in [0.15, 0.2) is 5.84 Å². The molecule has 170 valence electrons. The lowest BCUT2D eigenvalue weighted by atomic mass is 9.94. The molecule has 0 aliphatic carbocycles. The van der Waals surface area contributed by atoms with Crippen molar-refractivity contribution in [2.24, 2.45) is 10.3 Å². The van der Waals surface area contributed by atoms with Gasteiger partial charge in [-0.1, -0.05) is 12.1 Å². The minimum absolute atomic E-state index is 0.0555. The summed E-state index contributed by atoms with van der Waals surface area (Å²) in [7, 11) is -5.35. The Morgan fingerprint density at radius 3 is 2.48 bits per heavy atom. The van der Waals surface area contributed by atoms with Crippen LogP contribution in [-0.4, -0.2) is 88.2 Å². The summed E-state index contributed by atoms with van der Waals surface area (Å²) in [6, 6.07) is 6.71. The summed E-state index contributed by atoms with van der Waals surface area (Å²) < 4.78 is 53.7. The van der Waals surface area contributed by atoms with E-state index in [1.165, 1.54) is 10.6 Å². The van der Waals surface area contributed by atoms with Crippen LogP contribution in [0.5, 0.6) is 0 Å². The number of amidine groups is 1. The van der Waals surface area contributed by atoms with Gasteiger partial charge in [-0.3, -0.25) is 4.79 Å². The molecule has 4 rings (SSSR count). The zero-order valence-corrected chi connectivity index (χ0v) is 19.4. The predicted octanol–water partition coefficient (Wildman–Crippen LogP) is 0.730. The van der Waals surface area contributed by atoms with Gasteiger partial charge in [0.1, 0.15) is 4.90 Å². The lowest BCUT2D eigenvalue weighted by Crippen LogP contribution is -2.51. The molecular formula is C20H28N4O5S2. The summed E-state index contributed by atoms with van der Waals surface area (Å²) in [6.45, 7) is 2.15. The zero-order chi connectivity index (χ0) is 22.4. The maximum absolute atomic E-state index is 13.2. The van der Waals surface area contributed by atoms with Gasteiger partial charge in [0.25, 0.3) is 10.0 Å². The van der Waals surface area contributed by atoms with Gasteiger partial charge in [0.2, 0.25) is 15.9 Å². The number of sulfonamides is 2. The number of rotatable bonds is 3. The standard InChI is InChI=1S/C20H28N4O5S2/c1-22(30(2,26)27)16-9-12-23(13-10-16)20(25)15-6-5-11-24(14-15)19-17-7-3-4-8-18(17)31(28,29)21-19/h3-4,7-8,15-16H,5-6,9-14H2,1-2H3. The van der Waals surface area contributed by atoms with Gasteiger partial charge in [-0.15, -0.1) is 4.40 Å². The molecule has 31 heavy (non-hydrogen) atoms. The highest BCUT2D eigenvalue weighted by Gasteiger charge is 2.37. The van der Waals surface area contributed by atoms with E-state index in [-0.39, 0.29) is 22.8 Å². The summed E-state index contributed by atoms with van der Waals surface area (Å²) in [4.78, 5) is 17.1. The van der Waals surface area contributed by atoms with Crippen LogP contribution in [0.4, 0.5) is 0 Å². The first-order valence-electron chi connectivity index (χ1n) is 10.5. The fourth-order valence-electron chi connectivity index (χ4n) is 4.67. The minimum atomic E-state index is -3.69. The number of nitrogens with zero attached hydrogens (tertiary/aromatic N) is 4. The molecule has 0 saturated carbocycles. The largest absolute Gasteiger partial charge is 0.355 e. The molecule has 0 bridgehead atoms. The molecule has 0 aromatic heterocycles. The van der Waals surface area contributed by atoms with Crippen molar-refractivity contribution in [1.29, 1.82) is 0 Å². The molecule has 0 N–H and O–H groups in total. The molecule has 2 fully saturated rings. The molecule has 0 spiro atoms. The summed E-state index contributed by atoms with van der Waals surface area (Å²) in [5.74, 6) is 0.262. The lowest BCUT2D eigenvalue weighted by molar-refractivity contribution is -0.138. The predicted molar refractivity (Wildman–Crippen MR) is 117 cm³/mol. The van der Waals surface area contributed by atoms with E-state index in [4.69, 9.17) is 0 Å². The van der Waals surface area contributed by atoms with E-state index >= 15 is 0 Å². The molecular weight excluding hydrogens is 440 g/mol. The van der Waals surface area contributed by atoms with E-state index in [1.807, 2.05) is 9.80 Å². The second-order valence-electron chi connectivity index (χ2n) is 8.51. The average Bonchev–Trinajstić information content (AvgIpc) is 3.03. The molecule has 3 aliphatic rings. The van der Waals surface area contributed by atoms with E-state index < -0.39 is 20.0 Å². The number of benzene rings is 1. The molecule has 1 amide bonds. The number of likely N-dealkylation sites (tertiary alicyclic amines) is 2. The molecule has 1 unspecified atom stereocenters. The van der Waals surface area contributed by atoms with Crippen LogP contribution in [0.2, 0.25) is 0 Å². The topological polar surface area (TPSA) is 107 Å². The second kappa shape index (κ2) is 8.18. The monoisotopic (exact) mass is 468 g/mol. The molecule has 9 nitrogen and oxygen atoms in total. The van der Waals surface area contributed by atoms with Crippen molar-refractivity contribution in [2.45, 2.75) is 36.6 Å². The Bertz CT molecular complexity index is 1110. The van der Waals surface area contributed by atoms with Crippen molar-refractivity contribution in [3.05, 3.63) is 29.8 Å². The van der Waals surface area contributed by atoms with E-state index in [9.17, 15) is 21.6 Å². The first-order chi connectivity index (χ1) is 14.6. The highest BCUT2D eigenvalue weighted by molar-refractivity contribution is 7.90. The molecule has 1 atom stereocenters. The summed E-state index contributed by atoms with van der Waals surface area (Å²) >= 11 is 0. The van der Waals surface area contributed by atoms with Crippen molar-refractivity contribution < 1.29 is 21.6 Å². The van der Waals surface area contributed by atoms with Crippen LogP contribution in [0, 0.1) is 5.92 Å². The van der Waals surface area contributed by atoms with Gasteiger partial charge in [-0.05, 0) is 37.8 Å². The van der Waals surface area contributed by atoms with E-state index in [0.717, 1.165) is 12.8 Å². The van der Waals surface area contributed by atoms with Gasteiger partial charge >= 0.3 is 0 Å². The van der Waals surface area contributed by atoms with Crippen molar-refractivity contribution in [3.8, 4) is 0 Å². The minimum Gasteiger partial charge on any atom is -0.355 e. The molecule has 0 radical (unpaired) electrons. The first kappa shape index (κ1) is 22.2. The van der Waals surface area contributed by atoms with Crippen LogP contribution in [0.25, 0.3) is 0 Å². The molecule has 2 saturated heterocycles. The Balaban J connectivity index is 1.43. The van der Waals surface area contributed by atoms with Crippen LogP contribution < -0.4 is 0 Å². The van der Waals surface area contributed by atoms with Crippen molar-refractivity contribution >= 4 is 31.8 Å². The van der Waals surface area contributed by atoms with Gasteiger partial charge < -0.3 is 9.80 Å². The second-order valence-corrected chi connectivity index (χ2v) is 12.1. The Labute approximate surface area is 183 Å². The third kappa shape index (κ3) is 4.35. The number of hydrogen-bond donors (Lipinski definition) is 0. The molecule has 11 heteroatoms. The normalized spacial score (nSPS) is 24.2. The number of amides is 1. The van der Waals surface area contributed by atoms with Gasteiger partial charge in [-0.2, -0.15) is 8.42 Å². The number of carbonyl (C=O) groups excluding carboxylic acids is 1. The first-order valence-corrected chi connectivity index (χ1v) is 13.8. The third-order valence-electron chi connectivity index (χ3n) is 6.50. The Kier molecular flexibility index (Phi) is 5.86. The summed E-state index contributed by atoms with van der Waals surface area (Å²) in [5.41, 5.74) is 0.597. The maximum atomic E-state index is 13.2. The van der Waals surface area contributed by atoms with Crippen molar-refractivity contribution in [1.82, 2.24) is 14.1 Å². The molecule has 1 aromatic carbocycles. The van der Waals surface area contributed by atoms with Crippen LogP contribution >= 0.6 is 0 Å². The molecule has 3 heterocycles. The Morgan fingerprint density at radius 2 is 1.81 bits per heavy atom.